The van der Waals surface area contributed by atoms with Gasteiger partial charge in [0.2, 0.25) is 0 Å². The van der Waals surface area contributed by atoms with Crippen LogP contribution in [0.4, 0.5) is 0 Å². The Kier molecular flexibility index (Phi) is 6.92. The minimum Gasteiger partial charge on any atom is -0.351 e. The lowest BCUT2D eigenvalue weighted by molar-refractivity contribution is 0.0956. The lowest BCUT2D eigenvalue weighted by Crippen LogP contribution is -2.25. The third kappa shape index (κ3) is 5.75. The van der Waals surface area contributed by atoms with Gasteiger partial charge >= 0.3 is 0 Å². The van der Waals surface area contributed by atoms with E-state index in [1.165, 1.54) is 0 Å². The number of carbonyl (C=O) groups excluding carboxylic acids is 1. The Hall–Kier alpha value is -0.260. The number of thioether (sulfide) groups is 1. The van der Waals surface area contributed by atoms with E-state index in [0.29, 0.717) is 12.1 Å². The molecule has 0 aliphatic rings. The minimum absolute atomic E-state index is 0.0498. The lowest BCUT2D eigenvalue weighted by Gasteiger charge is -2.05. The van der Waals surface area contributed by atoms with Gasteiger partial charge in [-0.1, -0.05) is 37.9 Å². The monoisotopic (exact) mass is 377 g/mol. The van der Waals surface area contributed by atoms with Crippen LogP contribution in [0.1, 0.15) is 10.4 Å². The Labute approximate surface area is 123 Å². The first-order valence-electron chi connectivity index (χ1n) is 5.06. The fourth-order valence-corrected chi connectivity index (χ4v) is 3.06. The maximum absolute atomic E-state index is 11.8. The van der Waals surface area contributed by atoms with Crippen molar-refractivity contribution < 1.29 is 4.79 Å². The summed E-state index contributed by atoms with van der Waals surface area (Å²) in [7, 11) is 0. The summed E-state index contributed by atoms with van der Waals surface area (Å²) in [5, 5.41) is 2.88. The van der Waals surface area contributed by atoms with Crippen molar-refractivity contribution in [1.82, 2.24) is 5.32 Å². The predicted molar refractivity (Wildman–Crippen MR) is 81.7 cm³/mol. The number of rotatable bonds is 6. The first-order chi connectivity index (χ1) is 8.13. The molecule has 0 aromatic heterocycles. The van der Waals surface area contributed by atoms with Gasteiger partial charge in [-0.25, -0.2) is 0 Å². The third-order valence-corrected chi connectivity index (χ3v) is 3.77. The first kappa shape index (κ1) is 14.8. The van der Waals surface area contributed by atoms with Crippen molar-refractivity contribution in [3.63, 3.8) is 0 Å². The molecule has 2 nitrogen and oxygen atoms in total. The molecular formula is C12H13Br2NOS. The van der Waals surface area contributed by atoms with E-state index < -0.39 is 0 Å². The van der Waals surface area contributed by atoms with E-state index in [0.717, 1.165) is 20.5 Å². The summed E-state index contributed by atoms with van der Waals surface area (Å²) in [6, 6.07) is 5.50. The smallest absolute Gasteiger partial charge is 0.251 e. The van der Waals surface area contributed by atoms with Crippen LogP contribution in [0.3, 0.4) is 0 Å². The minimum atomic E-state index is -0.0498. The molecule has 0 heterocycles. The quantitative estimate of drug-likeness (QED) is 0.601. The van der Waals surface area contributed by atoms with Crippen molar-refractivity contribution in [3.8, 4) is 0 Å². The second kappa shape index (κ2) is 7.95. The van der Waals surface area contributed by atoms with Crippen LogP contribution in [0.2, 0.25) is 0 Å². The number of nitrogens with one attached hydrogen (secondary N) is 1. The summed E-state index contributed by atoms with van der Waals surface area (Å²) in [5.41, 5.74) is 0.653. The van der Waals surface area contributed by atoms with E-state index in [2.05, 4.69) is 43.8 Å². The molecule has 0 saturated heterocycles. The van der Waals surface area contributed by atoms with Gasteiger partial charge in [0.1, 0.15) is 0 Å². The number of halogens is 2. The molecule has 0 radical (unpaired) electrons. The number of amides is 1. The lowest BCUT2D eigenvalue weighted by atomic mass is 10.2. The van der Waals surface area contributed by atoms with Gasteiger partial charge in [-0.3, -0.25) is 4.79 Å². The summed E-state index contributed by atoms with van der Waals surface area (Å²) in [4.78, 5) is 11.8. The van der Waals surface area contributed by atoms with Gasteiger partial charge in [0.15, 0.2) is 0 Å². The fraction of sp³-hybridized carbons (Fsp3) is 0.250. The van der Waals surface area contributed by atoms with Gasteiger partial charge in [-0.05, 0) is 18.2 Å². The van der Waals surface area contributed by atoms with Gasteiger partial charge < -0.3 is 5.32 Å². The van der Waals surface area contributed by atoms with Gasteiger partial charge in [-0.2, -0.15) is 11.8 Å². The van der Waals surface area contributed by atoms with Crippen LogP contribution in [0.5, 0.6) is 0 Å². The van der Waals surface area contributed by atoms with E-state index in [1.807, 2.05) is 12.1 Å². The average Bonchev–Trinajstić information content (AvgIpc) is 2.27. The summed E-state index contributed by atoms with van der Waals surface area (Å²) in [5.74, 6) is 1.76. The average molecular weight is 379 g/mol. The standard InChI is InChI=1S/C12H13Br2NOS/c1-2-4-17-5-3-15-12(16)9-6-10(13)8-11(14)7-9/h2,6-8H,1,3-5H2,(H,15,16). The molecule has 0 spiro atoms. The van der Waals surface area contributed by atoms with Gasteiger partial charge in [0, 0.05) is 32.6 Å². The highest BCUT2D eigenvalue weighted by Gasteiger charge is 2.06. The summed E-state index contributed by atoms with van der Waals surface area (Å²) >= 11 is 8.46. The van der Waals surface area contributed by atoms with Gasteiger partial charge in [0.05, 0.1) is 0 Å². The van der Waals surface area contributed by atoms with Crippen LogP contribution in [0.15, 0.2) is 39.8 Å². The molecule has 5 heteroatoms. The van der Waals surface area contributed by atoms with Crippen LogP contribution < -0.4 is 5.32 Å². The zero-order chi connectivity index (χ0) is 12.7. The van der Waals surface area contributed by atoms with Crippen LogP contribution >= 0.6 is 43.6 Å². The molecule has 0 aliphatic carbocycles. The summed E-state index contributed by atoms with van der Waals surface area (Å²) in [6.07, 6.45) is 1.86. The van der Waals surface area contributed by atoms with Crippen molar-refractivity contribution >= 4 is 49.5 Å². The molecule has 0 saturated carbocycles. The van der Waals surface area contributed by atoms with Crippen LogP contribution in [0.25, 0.3) is 0 Å². The Morgan fingerprint density at radius 1 is 1.35 bits per heavy atom. The normalized spacial score (nSPS) is 10.0. The van der Waals surface area contributed by atoms with Crippen molar-refractivity contribution in [2.75, 3.05) is 18.1 Å². The Morgan fingerprint density at radius 3 is 2.59 bits per heavy atom. The van der Waals surface area contributed by atoms with Crippen LogP contribution in [0, 0.1) is 0 Å². The molecule has 92 valence electrons. The van der Waals surface area contributed by atoms with Crippen LogP contribution in [-0.2, 0) is 0 Å². The molecule has 1 amide bonds. The third-order valence-electron chi connectivity index (χ3n) is 1.89. The molecule has 0 aliphatic heterocycles. The second-order valence-corrected chi connectivity index (χ2v) is 6.26. The largest absolute Gasteiger partial charge is 0.351 e. The van der Waals surface area contributed by atoms with E-state index >= 15 is 0 Å². The maximum Gasteiger partial charge on any atom is 0.251 e. The molecular weight excluding hydrogens is 366 g/mol. The fourth-order valence-electron chi connectivity index (χ4n) is 1.19. The molecule has 1 N–H and O–H groups in total. The Morgan fingerprint density at radius 2 is 2.00 bits per heavy atom. The van der Waals surface area contributed by atoms with Gasteiger partial charge in [0.25, 0.3) is 5.91 Å². The maximum atomic E-state index is 11.8. The number of benzene rings is 1. The second-order valence-electron chi connectivity index (χ2n) is 3.28. The highest BCUT2D eigenvalue weighted by Crippen LogP contribution is 2.19. The van der Waals surface area contributed by atoms with Crippen molar-refractivity contribution in [2.45, 2.75) is 0 Å². The molecule has 0 atom stereocenters. The molecule has 1 aromatic rings. The molecule has 0 fully saturated rings. The van der Waals surface area contributed by atoms with Crippen molar-refractivity contribution in [1.29, 1.82) is 0 Å². The summed E-state index contributed by atoms with van der Waals surface area (Å²) < 4.78 is 1.77. The molecule has 0 bridgehead atoms. The van der Waals surface area contributed by atoms with E-state index in [4.69, 9.17) is 0 Å². The summed E-state index contributed by atoms with van der Waals surface area (Å²) in [6.45, 7) is 4.31. The van der Waals surface area contributed by atoms with Gasteiger partial charge in [-0.15, -0.1) is 6.58 Å². The Bertz CT molecular complexity index is 389. The zero-order valence-electron chi connectivity index (χ0n) is 9.21. The number of hydrogen-bond donors (Lipinski definition) is 1. The molecule has 1 aromatic carbocycles. The number of carbonyl (C=O) groups is 1. The predicted octanol–water partition coefficient (Wildman–Crippen LogP) is 3.86. The molecule has 17 heavy (non-hydrogen) atoms. The topological polar surface area (TPSA) is 29.1 Å². The highest BCUT2D eigenvalue weighted by atomic mass is 79.9. The first-order valence-corrected chi connectivity index (χ1v) is 7.80. The Balaban J connectivity index is 2.44. The molecule has 1 rings (SSSR count). The van der Waals surface area contributed by atoms with E-state index in [-0.39, 0.29) is 5.91 Å². The van der Waals surface area contributed by atoms with E-state index in [1.54, 1.807) is 23.9 Å². The van der Waals surface area contributed by atoms with Crippen molar-refractivity contribution in [3.05, 3.63) is 45.4 Å². The zero-order valence-corrected chi connectivity index (χ0v) is 13.2. The van der Waals surface area contributed by atoms with Crippen molar-refractivity contribution in [2.24, 2.45) is 0 Å². The van der Waals surface area contributed by atoms with E-state index in [9.17, 15) is 4.79 Å². The number of hydrogen-bond acceptors (Lipinski definition) is 2. The SMILES string of the molecule is C=CCSCCNC(=O)c1cc(Br)cc(Br)c1. The highest BCUT2D eigenvalue weighted by molar-refractivity contribution is 9.11. The molecule has 0 unspecified atom stereocenters. The van der Waals surface area contributed by atoms with Crippen LogP contribution in [-0.4, -0.2) is 24.0 Å².